The molecule has 0 atom stereocenters. The SMILES string of the molecule is O=C1C(=O)N(CCO)c2ccc(-c3cccnc3)cc21. The molecule has 1 aliphatic rings. The molecule has 0 spiro atoms. The Morgan fingerprint density at radius 3 is 2.70 bits per heavy atom. The molecule has 0 saturated carbocycles. The minimum absolute atomic E-state index is 0.129. The zero-order valence-electron chi connectivity index (χ0n) is 10.6. The van der Waals surface area contributed by atoms with Crippen LogP contribution in [0.4, 0.5) is 5.69 Å². The molecule has 0 aliphatic carbocycles. The molecule has 0 radical (unpaired) electrons. The molecule has 0 bridgehead atoms. The maximum atomic E-state index is 12.0. The number of pyridine rings is 1. The highest BCUT2D eigenvalue weighted by atomic mass is 16.3. The quantitative estimate of drug-likeness (QED) is 0.851. The average Bonchev–Trinajstić information content (AvgIpc) is 2.73. The summed E-state index contributed by atoms with van der Waals surface area (Å²) < 4.78 is 0. The highest BCUT2D eigenvalue weighted by Gasteiger charge is 2.35. The number of carbonyl (C=O) groups excluding carboxylic acids is 2. The number of Topliss-reactive ketones (excluding diaryl/α,β-unsaturated/α-hetero) is 1. The number of fused-ring (bicyclic) bond motifs is 1. The van der Waals surface area contributed by atoms with Crippen molar-refractivity contribution >= 4 is 17.4 Å². The van der Waals surface area contributed by atoms with E-state index in [0.29, 0.717) is 11.3 Å². The first-order chi connectivity index (χ1) is 9.72. The summed E-state index contributed by atoms with van der Waals surface area (Å²) in [5, 5.41) is 8.98. The largest absolute Gasteiger partial charge is 0.395 e. The summed E-state index contributed by atoms with van der Waals surface area (Å²) in [6.45, 7) is -0.0490. The topological polar surface area (TPSA) is 70.5 Å². The van der Waals surface area contributed by atoms with E-state index in [4.69, 9.17) is 5.11 Å². The van der Waals surface area contributed by atoms with Crippen LogP contribution in [0.1, 0.15) is 10.4 Å². The number of aliphatic hydroxyl groups is 1. The third kappa shape index (κ3) is 1.88. The molecule has 1 amide bonds. The third-order valence-corrected chi connectivity index (χ3v) is 3.29. The van der Waals surface area contributed by atoms with Crippen LogP contribution in [0.5, 0.6) is 0 Å². The van der Waals surface area contributed by atoms with Gasteiger partial charge in [0.05, 0.1) is 17.9 Å². The van der Waals surface area contributed by atoms with Gasteiger partial charge in [-0.2, -0.15) is 0 Å². The first-order valence-electron chi connectivity index (χ1n) is 6.24. The van der Waals surface area contributed by atoms with Gasteiger partial charge < -0.3 is 10.0 Å². The highest BCUT2D eigenvalue weighted by Crippen LogP contribution is 2.32. The van der Waals surface area contributed by atoms with Crippen LogP contribution in [-0.4, -0.2) is 34.9 Å². The number of carbonyl (C=O) groups is 2. The maximum Gasteiger partial charge on any atom is 0.299 e. The van der Waals surface area contributed by atoms with Crippen molar-refractivity contribution in [1.82, 2.24) is 4.98 Å². The van der Waals surface area contributed by atoms with Crippen LogP contribution in [0, 0.1) is 0 Å². The number of β-amino-alcohol motifs (C(OH)–C–C–N with tert-alkyl or cyclic N) is 1. The van der Waals surface area contributed by atoms with Gasteiger partial charge in [-0.05, 0) is 23.8 Å². The van der Waals surface area contributed by atoms with Gasteiger partial charge in [-0.25, -0.2) is 0 Å². The van der Waals surface area contributed by atoms with Crippen molar-refractivity contribution in [2.24, 2.45) is 0 Å². The monoisotopic (exact) mass is 268 g/mol. The van der Waals surface area contributed by atoms with E-state index in [2.05, 4.69) is 4.98 Å². The van der Waals surface area contributed by atoms with Crippen molar-refractivity contribution < 1.29 is 14.7 Å². The van der Waals surface area contributed by atoms with Gasteiger partial charge in [0.25, 0.3) is 11.7 Å². The van der Waals surface area contributed by atoms with Gasteiger partial charge in [0.2, 0.25) is 0 Å². The number of hydrogen-bond donors (Lipinski definition) is 1. The number of rotatable bonds is 3. The van der Waals surface area contributed by atoms with Crippen molar-refractivity contribution in [2.45, 2.75) is 0 Å². The summed E-state index contributed by atoms with van der Waals surface area (Å²) in [4.78, 5) is 29.2. The fraction of sp³-hybridized carbons (Fsp3) is 0.133. The van der Waals surface area contributed by atoms with E-state index >= 15 is 0 Å². The second-order valence-electron chi connectivity index (χ2n) is 4.48. The zero-order chi connectivity index (χ0) is 14.1. The Morgan fingerprint density at radius 1 is 1.15 bits per heavy atom. The lowest BCUT2D eigenvalue weighted by atomic mass is 10.0. The normalized spacial score (nSPS) is 13.8. The van der Waals surface area contributed by atoms with Crippen molar-refractivity contribution in [3.8, 4) is 11.1 Å². The lowest BCUT2D eigenvalue weighted by Gasteiger charge is -2.14. The van der Waals surface area contributed by atoms with Crippen LogP contribution in [0.15, 0.2) is 42.7 Å². The number of hydrogen-bond acceptors (Lipinski definition) is 4. The lowest BCUT2D eigenvalue weighted by molar-refractivity contribution is -0.114. The Kier molecular flexibility index (Phi) is 3.04. The van der Waals surface area contributed by atoms with E-state index in [1.165, 1.54) is 4.90 Å². The first kappa shape index (κ1) is 12.5. The Morgan fingerprint density at radius 2 is 2.00 bits per heavy atom. The maximum absolute atomic E-state index is 12.0. The van der Waals surface area contributed by atoms with Gasteiger partial charge in [0.1, 0.15) is 0 Å². The summed E-state index contributed by atoms with van der Waals surface area (Å²) >= 11 is 0. The minimum Gasteiger partial charge on any atom is -0.395 e. The molecule has 5 heteroatoms. The average molecular weight is 268 g/mol. The fourth-order valence-electron chi connectivity index (χ4n) is 2.34. The smallest absolute Gasteiger partial charge is 0.299 e. The number of nitrogens with zero attached hydrogens (tertiary/aromatic N) is 2. The molecule has 0 saturated heterocycles. The first-order valence-corrected chi connectivity index (χ1v) is 6.24. The number of aliphatic hydroxyl groups excluding tert-OH is 1. The minimum atomic E-state index is -0.586. The molecule has 1 N–H and O–H groups in total. The van der Waals surface area contributed by atoms with Crippen molar-refractivity contribution in [2.75, 3.05) is 18.1 Å². The molecular weight excluding hydrogens is 256 g/mol. The summed E-state index contributed by atoms with van der Waals surface area (Å²) in [6, 6.07) is 8.97. The van der Waals surface area contributed by atoms with Gasteiger partial charge >= 0.3 is 0 Å². The summed E-state index contributed by atoms with van der Waals surface area (Å²) in [6.07, 6.45) is 3.38. The summed E-state index contributed by atoms with van der Waals surface area (Å²) in [5.41, 5.74) is 2.66. The number of aromatic nitrogens is 1. The van der Waals surface area contributed by atoms with E-state index in [-0.39, 0.29) is 13.2 Å². The van der Waals surface area contributed by atoms with E-state index in [1.54, 1.807) is 24.5 Å². The molecule has 20 heavy (non-hydrogen) atoms. The van der Waals surface area contributed by atoms with Crippen molar-refractivity contribution in [1.29, 1.82) is 0 Å². The molecule has 0 fully saturated rings. The van der Waals surface area contributed by atoms with Crippen LogP contribution < -0.4 is 4.90 Å². The van der Waals surface area contributed by atoms with Crippen LogP contribution in [0.2, 0.25) is 0 Å². The Balaban J connectivity index is 2.07. The predicted octanol–water partition coefficient (Wildman–Crippen LogP) is 1.27. The Bertz CT molecular complexity index is 683. The number of ketones is 1. The fourth-order valence-corrected chi connectivity index (χ4v) is 2.34. The van der Waals surface area contributed by atoms with Crippen LogP contribution in [-0.2, 0) is 4.79 Å². The van der Waals surface area contributed by atoms with Gasteiger partial charge in [-0.1, -0.05) is 12.1 Å². The molecule has 5 nitrogen and oxygen atoms in total. The number of amides is 1. The zero-order valence-corrected chi connectivity index (χ0v) is 10.6. The molecule has 2 heterocycles. The van der Waals surface area contributed by atoms with Gasteiger partial charge in [0, 0.05) is 24.5 Å². The molecule has 1 aromatic carbocycles. The summed E-state index contributed by atoms with van der Waals surface area (Å²) in [7, 11) is 0. The van der Waals surface area contributed by atoms with Crippen molar-refractivity contribution in [3.05, 3.63) is 48.3 Å². The number of benzene rings is 1. The standard InChI is InChI=1S/C15H12N2O3/c18-7-6-17-13-4-3-10(11-2-1-5-16-9-11)8-12(13)14(19)15(17)20/h1-5,8-9,18H,6-7H2. The number of anilines is 1. The van der Waals surface area contributed by atoms with Crippen molar-refractivity contribution in [3.63, 3.8) is 0 Å². The second-order valence-corrected chi connectivity index (χ2v) is 4.48. The highest BCUT2D eigenvalue weighted by molar-refractivity contribution is 6.52. The molecule has 100 valence electrons. The molecule has 2 aromatic rings. The Hall–Kier alpha value is -2.53. The van der Waals surface area contributed by atoms with E-state index in [9.17, 15) is 9.59 Å². The molecule has 3 rings (SSSR count). The predicted molar refractivity (Wildman–Crippen MR) is 73.4 cm³/mol. The van der Waals surface area contributed by atoms with Gasteiger partial charge in [-0.3, -0.25) is 14.6 Å². The summed E-state index contributed by atoms with van der Waals surface area (Å²) in [5.74, 6) is -1.11. The van der Waals surface area contributed by atoms with E-state index in [0.717, 1.165) is 11.1 Å². The van der Waals surface area contributed by atoms with Crippen LogP contribution in [0.3, 0.4) is 0 Å². The third-order valence-electron chi connectivity index (χ3n) is 3.29. The van der Waals surface area contributed by atoms with E-state index in [1.807, 2.05) is 18.2 Å². The second kappa shape index (κ2) is 4.86. The molecule has 1 aliphatic heterocycles. The Labute approximate surface area is 115 Å². The molecule has 0 unspecified atom stereocenters. The molecule has 1 aromatic heterocycles. The lowest BCUT2D eigenvalue weighted by Crippen LogP contribution is -2.32. The van der Waals surface area contributed by atoms with Gasteiger partial charge in [0.15, 0.2) is 0 Å². The van der Waals surface area contributed by atoms with Crippen LogP contribution >= 0.6 is 0 Å². The van der Waals surface area contributed by atoms with E-state index < -0.39 is 11.7 Å². The molecular formula is C15H12N2O3. The van der Waals surface area contributed by atoms with Crippen LogP contribution in [0.25, 0.3) is 11.1 Å². The van der Waals surface area contributed by atoms with Gasteiger partial charge in [-0.15, -0.1) is 0 Å².